The quantitative estimate of drug-likeness (QED) is 0.344. The fourth-order valence-electron chi connectivity index (χ4n) is 3.97. The maximum atomic E-state index is 13.7. The van der Waals surface area contributed by atoms with Crippen LogP contribution in [0.15, 0.2) is 70.3 Å². The Morgan fingerprint density at radius 1 is 1.08 bits per heavy atom. The lowest BCUT2D eigenvalue weighted by molar-refractivity contribution is -0.119. The SMILES string of the molecule is CCCCn1c(N)c(N(CCOC)C(=O)C[C@@H](NC(=O)c2ccccc2)c2ccccc2)c(=O)[nH]c1=O. The van der Waals surface area contributed by atoms with Crippen molar-refractivity contribution in [2.75, 3.05) is 30.9 Å². The zero-order chi connectivity index (χ0) is 26.8. The van der Waals surface area contributed by atoms with Gasteiger partial charge in [0, 0.05) is 25.8 Å². The van der Waals surface area contributed by atoms with E-state index in [4.69, 9.17) is 10.5 Å². The molecule has 0 aliphatic rings. The van der Waals surface area contributed by atoms with Crippen molar-refractivity contribution >= 4 is 23.3 Å². The first kappa shape index (κ1) is 27.4. The number of carbonyl (C=O) groups is 2. The molecule has 10 nitrogen and oxygen atoms in total. The first-order valence-electron chi connectivity index (χ1n) is 12.2. The van der Waals surface area contributed by atoms with Gasteiger partial charge >= 0.3 is 5.69 Å². The van der Waals surface area contributed by atoms with Crippen LogP contribution in [-0.4, -0.2) is 41.6 Å². The molecule has 37 heavy (non-hydrogen) atoms. The number of anilines is 2. The molecule has 4 N–H and O–H groups in total. The molecule has 2 aromatic carbocycles. The summed E-state index contributed by atoms with van der Waals surface area (Å²) in [7, 11) is 1.48. The highest BCUT2D eigenvalue weighted by molar-refractivity contribution is 5.97. The van der Waals surface area contributed by atoms with E-state index in [2.05, 4.69) is 10.3 Å². The predicted molar refractivity (Wildman–Crippen MR) is 143 cm³/mol. The number of hydrogen-bond donors (Lipinski definition) is 3. The number of nitrogens with zero attached hydrogens (tertiary/aromatic N) is 2. The summed E-state index contributed by atoms with van der Waals surface area (Å²) in [6.45, 7) is 2.43. The van der Waals surface area contributed by atoms with E-state index in [9.17, 15) is 19.2 Å². The van der Waals surface area contributed by atoms with Crippen molar-refractivity contribution < 1.29 is 14.3 Å². The Kier molecular flexibility index (Phi) is 9.79. The third kappa shape index (κ3) is 6.95. The van der Waals surface area contributed by atoms with E-state index in [1.807, 2.05) is 43.3 Å². The number of benzene rings is 2. The number of aromatic amines is 1. The maximum absolute atomic E-state index is 13.7. The number of carbonyl (C=O) groups excluding carboxylic acids is 2. The van der Waals surface area contributed by atoms with Gasteiger partial charge in [-0.3, -0.25) is 23.9 Å². The van der Waals surface area contributed by atoms with E-state index in [1.54, 1.807) is 24.3 Å². The van der Waals surface area contributed by atoms with Crippen molar-refractivity contribution in [3.05, 3.63) is 92.6 Å². The Morgan fingerprint density at radius 3 is 2.35 bits per heavy atom. The van der Waals surface area contributed by atoms with Gasteiger partial charge in [0.15, 0.2) is 5.69 Å². The average Bonchev–Trinajstić information content (AvgIpc) is 2.90. The van der Waals surface area contributed by atoms with E-state index in [-0.39, 0.29) is 37.0 Å². The molecule has 0 saturated carbocycles. The molecular formula is C27H33N5O5. The largest absolute Gasteiger partial charge is 0.383 e. The fourth-order valence-corrected chi connectivity index (χ4v) is 3.97. The van der Waals surface area contributed by atoms with Gasteiger partial charge in [0.05, 0.1) is 19.1 Å². The van der Waals surface area contributed by atoms with Crippen molar-refractivity contribution in [1.29, 1.82) is 0 Å². The second kappa shape index (κ2) is 13.2. The Labute approximate surface area is 215 Å². The molecule has 0 aliphatic heterocycles. The first-order valence-corrected chi connectivity index (χ1v) is 12.2. The van der Waals surface area contributed by atoms with E-state index in [0.29, 0.717) is 18.5 Å². The minimum Gasteiger partial charge on any atom is -0.383 e. The number of rotatable bonds is 12. The summed E-state index contributed by atoms with van der Waals surface area (Å²) in [5.74, 6) is -0.885. The van der Waals surface area contributed by atoms with Gasteiger partial charge < -0.3 is 20.7 Å². The van der Waals surface area contributed by atoms with Crippen molar-refractivity contribution in [3.63, 3.8) is 0 Å². The topological polar surface area (TPSA) is 140 Å². The molecule has 3 rings (SSSR count). The molecule has 1 atom stereocenters. The summed E-state index contributed by atoms with van der Waals surface area (Å²) in [4.78, 5) is 55.4. The fraction of sp³-hybridized carbons (Fsp3) is 0.333. The maximum Gasteiger partial charge on any atom is 0.330 e. The molecule has 0 saturated heterocycles. The number of amides is 2. The molecule has 0 bridgehead atoms. The van der Waals surface area contributed by atoms with Gasteiger partial charge in [-0.1, -0.05) is 61.9 Å². The van der Waals surface area contributed by atoms with Crippen LogP contribution in [0.25, 0.3) is 0 Å². The molecule has 0 unspecified atom stereocenters. The van der Waals surface area contributed by atoms with Gasteiger partial charge in [-0.05, 0) is 24.1 Å². The molecule has 0 spiro atoms. The summed E-state index contributed by atoms with van der Waals surface area (Å²) in [6.07, 6.45) is 1.33. The summed E-state index contributed by atoms with van der Waals surface area (Å²) < 4.78 is 6.43. The van der Waals surface area contributed by atoms with Crippen LogP contribution in [0.2, 0.25) is 0 Å². The van der Waals surface area contributed by atoms with Gasteiger partial charge in [0.25, 0.3) is 11.5 Å². The zero-order valence-corrected chi connectivity index (χ0v) is 21.1. The average molecular weight is 508 g/mol. The lowest BCUT2D eigenvalue weighted by Gasteiger charge is -2.27. The third-order valence-electron chi connectivity index (χ3n) is 5.96. The Bertz CT molecular complexity index is 1300. The normalized spacial score (nSPS) is 11.6. The molecule has 10 heteroatoms. The molecule has 196 valence electrons. The monoisotopic (exact) mass is 507 g/mol. The Balaban J connectivity index is 1.97. The summed E-state index contributed by atoms with van der Waals surface area (Å²) in [6, 6.07) is 17.1. The number of H-pyrrole nitrogens is 1. The molecule has 2 amide bonds. The van der Waals surface area contributed by atoms with Crippen LogP contribution in [0.5, 0.6) is 0 Å². The van der Waals surface area contributed by atoms with Gasteiger partial charge in [-0.2, -0.15) is 0 Å². The molecular weight excluding hydrogens is 474 g/mol. The highest BCUT2D eigenvalue weighted by Crippen LogP contribution is 2.23. The minimum absolute atomic E-state index is 0.0305. The van der Waals surface area contributed by atoms with Gasteiger partial charge in [-0.15, -0.1) is 0 Å². The van der Waals surface area contributed by atoms with Crippen molar-refractivity contribution in [2.24, 2.45) is 0 Å². The molecule has 1 aromatic heterocycles. The number of methoxy groups -OCH3 is 1. The van der Waals surface area contributed by atoms with Gasteiger partial charge in [0.1, 0.15) is 5.82 Å². The number of nitrogens with one attached hydrogen (secondary N) is 2. The van der Waals surface area contributed by atoms with Crippen LogP contribution in [0.1, 0.15) is 48.1 Å². The molecule has 0 radical (unpaired) electrons. The lowest BCUT2D eigenvalue weighted by Crippen LogP contribution is -2.44. The second-order valence-corrected chi connectivity index (χ2v) is 8.54. The number of nitrogen functional groups attached to an aromatic ring is 1. The second-order valence-electron chi connectivity index (χ2n) is 8.54. The number of unbranched alkanes of at least 4 members (excludes halogenated alkanes) is 1. The van der Waals surface area contributed by atoms with Gasteiger partial charge in [-0.25, -0.2) is 4.79 Å². The molecule has 1 heterocycles. The number of aromatic nitrogens is 2. The summed E-state index contributed by atoms with van der Waals surface area (Å²) in [5.41, 5.74) is 5.95. The number of nitrogens with two attached hydrogens (primary N) is 1. The Hall–Kier alpha value is -4.18. The van der Waals surface area contributed by atoms with Gasteiger partial charge in [0.2, 0.25) is 5.91 Å². The zero-order valence-electron chi connectivity index (χ0n) is 21.1. The standard InChI is InChI=1S/C27H33N5O5/c1-3-4-15-32-24(28)23(26(35)30-27(32)36)31(16-17-37-2)22(33)18-21(19-11-7-5-8-12-19)29-25(34)20-13-9-6-10-14-20/h5-14,21H,3-4,15-18,28H2,1-2H3,(H,29,34)(H,30,35,36)/t21-/m1/s1. The lowest BCUT2D eigenvalue weighted by atomic mass is 10.0. The third-order valence-corrected chi connectivity index (χ3v) is 5.96. The van der Waals surface area contributed by atoms with Crippen molar-refractivity contribution in [2.45, 2.75) is 38.8 Å². The van der Waals surface area contributed by atoms with E-state index in [0.717, 1.165) is 12.0 Å². The molecule has 3 aromatic rings. The van der Waals surface area contributed by atoms with E-state index >= 15 is 0 Å². The Morgan fingerprint density at radius 2 is 1.73 bits per heavy atom. The van der Waals surface area contributed by atoms with Crippen LogP contribution in [0.4, 0.5) is 11.5 Å². The highest BCUT2D eigenvalue weighted by Gasteiger charge is 2.27. The van der Waals surface area contributed by atoms with E-state index in [1.165, 1.54) is 16.6 Å². The summed E-state index contributed by atoms with van der Waals surface area (Å²) >= 11 is 0. The van der Waals surface area contributed by atoms with E-state index < -0.39 is 23.2 Å². The van der Waals surface area contributed by atoms with Crippen LogP contribution in [0, 0.1) is 0 Å². The number of hydrogen-bond acceptors (Lipinski definition) is 6. The number of ether oxygens (including phenoxy) is 1. The van der Waals surface area contributed by atoms with Crippen LogP contribution in [0.3, 0.4) is 0 Å². The smallest absolute Gasteiger partial charge is 0.330 e. The van der Waals surface area contributed by atoms with Crippen molar-refractivity contribution in [3.8, 4) is 0 Å². The van der Waals surface area contributed by atoms with Crippen LogP contribution < -0.4 is 27.2 Å². The highest BCUT2D eigenvalue weighted by atomic mass is 16.5. The minimum atomic E-state index is -0.760. The molecule has 0 fully saturated rings. The van der Waals surface area contributed by atoms with Crippen molar-refractivity contribution in [1.82, 2.24) is 14.9 Å². The first-order chi connectivity index (χ1) is 17.9. The predicted octanol–water partition coefficient (Wildman–Crippen LogP) is 2.46. The van der Waals surface area contributed by atoms with Crippen LogP contribution in [-0.2, 0) is 16.1 Å². The molecule has 0 aliphatic carbocycles. The van der Waals surface area contributed by atoms with Crippen LogP contribution >= 0.6 is 0 Å². The summed E-state index contributed by atoms with van der Waals surface area (Å²) in [5, 5.41) is 2.93.